The minimum Gasteiger partial charge on any atom is -0.379 e. The van der Waals surface area contributed by atoms with Crippen molar-refractivity contribution >= 4 is 29.9 Å². The molecule has 6 heteroatoms. The number of halogens is 2. The summed E-state index contributed by atoms with van der Waals surface area (Å²) in [5, 5.41) is 6.36. The Morgan fingerprint density at radius 1 is 1.27 bits per heavy atom. The molecule has 0 aromatic heterocycles. The largest absolute Gasteiger partial charge is 0.379 e. The lowest BCUT2D eigenvalue weighted by Gasteiger charge is -2.12. The van der Waals surface area contributed by atoms with E-state index in [4.69, 9.17) is 4.74 Å². The summed E-state index contributed by atoms with van der Waals surface area (Å²) in [6.45, 7) is 2.93. The zero-order valence-electron chi connectivity index (χ0n) is 13.0. The number of ether oxygens (including phenoxy) is 1. The first-order valence-electron chi connectivity index (χ1n) is 7.55. The predicted molar refractivity (Wildman–Crippen MR) is 98.4 cm³/mol. The quantitative estimate of drug-likeness (QED) is 0.294. The van der Waals surface area contributed by atoms with E-state index in [9.17, 15) is 4.39 Å². The van der Waals surface area contributed by atoms with Gasteiger partial charge in [0.2, 0.25) is 0 Å². The van der Waals surface area contributed by atoms with E-state index in [0.29, 0.717) is 25.1 Å². The smallest absolute Gasteiger partial charge is 0.191 e. The molecular weight excluding hydrogens is 396 g/mol. The maximum absolute atomic E-state index is 13.5. The Morgan fingerprint density at radius 3 is 2.68 bits per heavy atom. The number of rotatable bonds is 8. The molecule has 0 bridgehead atoms. The second-order valence-electron chi connectivity index (χ2n) is 5.29. The summed E-state index contributed by atoms with van der Waals surface area (Å²) in [5.41, 5.74) is 0.716. The SMILES string of the molecule is CN=C(NCCOCC1CC1)NCCc1ccccc1F.I. The summed E-state index contributed by atoms with van der Waals surface area (Å²) in [4.78, 5) is 4.13. The van der Waals surface area contributed by atoms with Crippen molar-refractivity contribution in [2.75, 3.05) is 33.4 Å². The van der Waals surface area contributed by atoms with Crippen molar-refractivity contribution in [2.24, 2.45) is 10.9 Å². The van der Waals surface area contributed by atoms with Gasteiger partial charge in [-0.25, -0.2) is 4.39 Å². The van der Waals surface area contributed by atoms with Crippen LogP contribution in [0.15, 0.2) is 29.3 Å². The van der Waals surface area contributed by atoms with Gasteiger partial charge in [-0.1, -0.05) is 18.2 Å². The van der Waals surface area contributed by atoms with Crippen molar-refractivity contribution < 1.29 is 9.13 Å². The summed E-state index contributed by atoms with van der Waals surface area (Å²) in [6, 6.07) is 6.84. The lowest BCUT2D eigenvalue weighted by atomic mass is 10.1. The average molecular weight is 421 g/mol. The molecule has 1 aromatic rings. The van der Waals surface area contributed by atoms with Gasteiger partial charge in [-0.2, -0.15) is 0 Å². The van der Waals surface area contributed by atoms with E-state index >= 15 is 0 Å². The van der Waals surface area contributed by atoms with Gasteiger partial charge in [0.1, 0.15) is 5.82 Å². The zero-order valence-corrected chi connectivity index (χ0v) is 15.3. The lowest BCUT2D eigenvalue weighted by Crippen LogP contribution is -2.39. The first kappa shape index (κ1) is 19.2. The number of hydrogen-bond acceptors (Lipinski definition) is 2. The Bertz CT molecular complexity index is 466. The van der Waals surface area contributed by atoms with E-state index in [0.717, 1.165) is 25.0 Å². The highest BCUT2D eigenvalue weighted by Gasteiger charge is 2.20. The molecule has 2 rings (SSSR count). The summed E-state index contributed by atoms with van der Waals surface area (Å²) in [6.07, 6.45) is 3.25. The van der Waals surface area contributed by atoms with E-state index in [1.807, 2.05) is 6.07 Å². The van der Waals surface area contributed by atoms with Crippen LogP contribution in [-0.4, -0.2) is 39.3 Å². The van der Waals surface area contributed by atoms with E-state index in [2.05, 4.69) is 15.6 Å². The molecule has 22 heavy (non-hydrogen) atoms. The van der Waals surface area contributed by atoms with Crippen LogP contribution in [0.3, 0.4) is 0 Å². The molecule has 1 aromatic carbocycles. The van der Waals surface area contributed by atoms with Gasteiger partial charge in [-0.05, 0) is 36.8 Å². The van der Waals surface area contributed by atoms with Crippen LogP contribution in [0.4, 0.5) is 4.39 Å². The maximum atomic E-state index is 13.5. The Hall–Kier alpha value is -0.890. The van der Waals surface area contributed by atoms with Gasteiger partial charge in [0, 0.05) is 26.7 Å². The second-order valence-corrected chi connectivity index (χ2v) is 5.29. The highest BCUT2D eigenvalue weighted by Crippen LogP contribution is 2.28. The van der Waals surface area contributed by atoms with Gasteiger partial charge in [0.05, 0.1) is 6.61 Å². The highest BCUT2D eigenvalue weighted by atomic mass is 127. The Morgan fingerprint density at radius 2 is 2.00 bits per heavy atom. The van der Waals surface area contributed by atoms with Gasteiger partial charge in [0.15, 0.2) is 5.96 Å². The standard InChI is InChI=1S/C16H24FN3O.HI/c1-18-16(20-10-11-21-12-13-6-7-13)19-9-8-14-4-2-3-5-15(14)17;/h2-5,13H,6-12H2,1H3,(H2,18,19,20);1H. The van der Waals surface area contributed by atoms with Crippen molar-refractivity contribution in [1.82, 2.24) is 10.6 Å². The molecule has 0 saturated heterocycles. The monoisotopic (exact) mass is 421 g/mol. The predicted octanol–water partition coefficient (Wildman–Crippen LogP) is 2.58. The van der Waals surface area contributed by atoms with Crippen LogP contribution in [0.25, 0.3) is 0 Å². The van der Waals surface area contributed by atoms with Crippen molar-refractivity contribution in [3.63, 3.8) is 0 Å². The van der Waals surface area contributed by atoms with E-state index in [1.165, 1.54) is 18.9 Å². The van der Waals surface area contributed by atoms with Gasteiger partial charge in [-0.3, -0.25) is 4.99 Å². The van der Waals surface area contributed by atoms with Gasteiger partial charge in [-0.15, -0.1) is 24.0 Å². The number of hydrogen-bond donors (Lipinski definition) is 2. The summed E-state index contributed by atoms with van der Waals surface area (Å²) < 4.78 is 19.0. The first-order valence-corrected chi connectivity index (χ1v) is 7.55. The number of nitrogens with one attached hydrogen (secondary N) is 2. The van der Waals surface area contributed by atoms with Crippen LogP contribution < -0.4 is 10.6 Å². The van der Waals surface area contributed by atoms with Crippen LogP contribution in [0.1, 0.15) is 18.4 Å². The van der Waals surface area contributed by atoms with Crippen LogP contribution >= 0.6 is 24.0 Å². The third-order valence-corrected chi connectivity index (χ3v) is 3.46. The molecule has 4 nitrogen and oxygen atoms in total. The van der Waals surface area contributed by atoms with Crippen molar-refractivity contribution in [3.05, 3.63) is 35.6 Å². The van der Waals surface area contributed by atoms with Crippen molar-refractivity contribution in [1.29, 1.82) is 0 Å². The molecule has 1 aliphatic rings. The molecule has 0 radical (unpaired) electrons. The van der Waals surface area contributed by atoms with Gasteiger partial charge >= 0.3 is 0 Å². The molecule has 0 heterocycles. The molecule has 0 spiro atoms. The van der Waals surface area contributed by atoms with Crippen molar-refractivity contribution in [2.45, 2.75) is 19.3 Å². The molecule has 0 unspecified atom stereocenters. The molecule has 0 amide bonds. The molecule has 0 aliphatic heterocycles. The minimum absolute atomic E-state index is 0. The van der Waals surface area contributed by atoms with Crippen LogP contribution in [0, 0.1) is 11.7 Å². The topological polar surface area (TPSA) is 45.7 Å². The Balaban J connectivity index is 0.00000242. The van der Waals surface area contributed by atoms with Crippen LogP contribution in [0.2, 0.25) is 0 Å². The maximum Gasteiger partial charge on any atom is 0.191 e. The highest BCUT2D eigenvalue weighted by molar-refractivity contribution is 14.0. The van der Waals surface area contributed by atoms with E-state index in [1.54, 1.807) is 19.2 Å². The lowest BCUT2D eigenvalue weighted by molar-refractivity contribution is 0.129. The Kier molecular flexibility index (Phi) is 9.38. The molecule has 2 N–H and O–H groups in total. The fraction of sp³-hybridized carbons (Fsp3) is 0.562. The molecule has 0 atom stereocenters. The van der Waals surface area contributed by atoms with Gasteiger partial charge < -0.3 is 15.4 Å². The average Bonchev–Trinajstić information content (AvgIpc) is 3.31. The minimum atomic E-state index is -0.157. The fourth-order valence-electron chi connectivity index (χ4n) is 2.01. The molecule has 124 valence electrons. The van der Waals surface area contributed by atoms with E-state index < -0.39 is 0 Å². The molecular formula is C16H25FIN3O. The summed E-state index contributed by atoms with van der Waals surface area (Å²) in [5.74, 6) is 1.36. The van der Waals surface area contributed by atoms with Crippen LogP contribution in [-0.2, 0) is 11.2 Å². The first-order chi connectivity index (χ1) is 10.3. The molecule has 1 saturated carbocycles. The number of aliphatic imine (C=N–C) groups is 1. The Labute approximate surface area is 148 Å². The molecule has 1 aliphatic carbocycles. The van der Waals surface area contributed by atoms with Crippen LogP contribution in [0.5, 0.6) is 0 Å². The van der Waals surface area contributed by atoms with Gasteiger partial charge in [0.25, 0.3) is 0 Å². The third-order valence-electron chi connectivity index (χ3n) is 3.46. The molecule has 1 fully saturated rings. The number of nitrogens with zero attached hydrogens (tertiary/aromatic N) is 1. The van der Waals surface area contributed by atoms with E-state index in [-0.39, 0.29) is 29.8 Å². The number of guanidine groups is 1. The third kappa shape index (κ3) is 7.40. The second kappa shape index (κ2) is 10.8. The number of benzene rings is 1. The zero-order chi connectivity index (χ0) is 14.9. The summed E-state index contributed by atoms with van der Waals surface area (Å²) in [7, 11) is 1.73. The summed E-state index contributed by atoms with van der Waals surface area (Å²) >= 11 is 0. The normalized spacial score (nSPS) is 14.4. The van der Waals surface area contributed by atoms with Crippen molar-refractivity contribution in [3.8, 4) is 0 Å². The fourth-order valence-corrected chi connectivity index (χ4v) is 2.01.